The summed E-state index contributed by atoms with van der Waals surface area (Å²) in [5.41, 5.74) is 15.1. The number of nitrogens with two attached hydrogens (primary N) is 1. The van der Waals surface area contributed by atoms with E-state index in [4.69, 9.17) is 25.5 Å². The van der Waals surface area contributed by atoms with Crippen LogP contribution >= 0.6 is 0 Å². The highest BCUT2D eigenvalue weighted by molar-refractivity contribution is 6.06. The largest absolute Gasteiger partial charge is 0.508 e. The molecule has 1 unspecified atom stereocenters. The predicted octanol–water partition coefficient (Wildman–Crippen LogP) is 11.4. The lowest BCUT2D eigenvalue weighted by Crippen LogP contribution is -2.22. The number of aliphatic hydroxyl groups is 1. The number of fused-ring (bicyclic) bond motifs is 8. The number of aromatic amines is 1. The number of nitrogens with one attached hydrogen (secondary N) is 1. The normalized spacial score (nSPS) is 11.6. The number of nitrogens with zero attached hydrogens (tertiary/aromatic N) is 4. The number of Topliss-reactive ketones (excluding diaryl/α,β-unsaturated/α-hetero) is 1. The Balaban J connectivity index is 0.000000159. The minimum absolute atomic E-state index is 0.00441. The van der Waals surface area contributed by atoms with Crippen LogP contribution in [-0.4, -0.2) is 70.4 Å². The Labute approximate surface area is 440 Å². The number of aliphatic hydroxyl groups excluding tert-OH is 1. The van der Waals surface area contributed by atoms with Crippen molar-refractivity contribution in [2.24, 2.45) is 0 Å². The number of aromatic hydroxyl groups is 3. The van der Waals surface area contributed by atoms with Crippen molar-refractivity contribution in [3.63, 3.8) is 0 Å². The van der Waals surface area contributed by atoms with E-state index in [1.54, 1.807) is 54.6 Å². The van der Waals surface area contributed by atoms with Gasteiger partial charge in [0.1, 0.15) is 29.1 Å². The predicted molar refractivity (Wildman–Crippen MR) is 294 cm³/mol. The number of hydrogen-bond donors (Lipinski definition) is 6. The smallest absolute Gasteiger partial charge is 0.416 e. The molecule has 77 heavy (non-hydrogen) atoms. The maximum atomic E-state index is 12.3. The molecule has 0 radical (unpaired) electrons. The van der Waals surface area contributed by atoms with E-state index in [-0.39, 0.29) is 35.0 Å². The number of ketones is 1. The number of imidazole rings is 1. The molecule has 0 saturated heterocycles. The van der Waals surface area contributed by atoms with Crippen LogP contribution in [0.15, 0.2) is 175 Å². The molecule has 0 amide bonds. The minimum Gasteiger partial charge on any atom is -0.508 e. The van der Waals surface area contributed by atoms with Crippen molar-refractivity contribution in [1.29, 1.82) is 0 Å². The summed E-state index contributed by atoms with van der Waals surface area (Å²) < 4.78 is 43.9. The van der Waals surface area contributed by atoms with Gasteiger partial charge in [-0.25, -0.2) is 15.0 Å². The highest BCUT2D eigenvalue weighted by atomic mass is 19.4. The fraction of sp³-hybridized carbons (Fsp3) is 0.164. The molecule has 0 bridgehead atoms. The molecule has 11 aromatic rings. The second-order valence-corrected chi connectivity index (χ2v) is 18.0. The Morgan fingerprint density at radius 3 is 1.91 bits per heavy atom. The average molecular weight is 1040 g/mol. The Hall–Kier alpha value is -9.12. The number of benzene rings is 8. The Bertz CT molecular complexity index is 3890. The van der Waals surface area contributed by atoms with Gasteiger partial charge in [0, 0.05) is 50.2 Å². The quantitative estimate of drug-likeness (QED) is 0.0671. The number of hydrogen-bond acceptors (Lipinski definition) is 11. The number of ether oxygens (including phenoxy) is 1. The number of phenolic OH excluding ortho intramolecular Hbond substituents is 2. The summed E-state index contributed by atoms with van der Waals surface area (Å²) in [5.74, 6) is 0.820. The van der Waals surface area contributed by atoms with Gasteiger partial charge >= 0.3 is 6.18 Å². The highest BCUT2D eigenvalue weighted by Gasteiger charge is 2.30. The first-order chi connectivity index (χ1) is 37.1. The number of nitrogen functional groups attached to an aromatic ring is 1. The third-order valence-electron chi connectivity index (χ3n) is 12.7. The van der Waals surface area contributed by atoms with E-state index in [2.05, 4.69) is 22.1 Å². The number of anilines is 1. The molecule has 0 spiro atoms. The van der Waals surface area contributed by atoms with Crippen molar-refractivity contribution in [1.82, 2.24) is 24.3 Å². The van der Waals surface area contributed by atoms with Crippen LogP contribution in [0.4, 0.5) is 19.0 Å². The molecule has 0 aliphatic heterocycles. The zero-order chi connectivity index (χ0) is 54.8. The van der Waals surface area contributed by atoms with Gasteiger partial charge in [-0.1, -0.05) is 97.1 Å². The van der Waals surface area contributed by atoms with E-state index in [0.717, 1.165) is 85.4 Å². The standard InChI is InChI=1S/C28H21N3O3.C19H15N3O.C13H15F3O2.CH4O/c32-20-9-6-18(7-10-20)15-24-28(34)31-25-13-8-19-16-21(33)11-12-22(19)26(25)29-23(27(31)30-24)14-17-4-2-1-3-5-17;20-19-17(10-12-4-2-1-3-5-12)21-18-15-8-7-14(23)11-13(15)6-9-16(18)22-19;1-3-18-9(2)12(17)8-10-4-6-11(7-5-10)13(14,15)16;1-2/h1-13,16,32-34H,14-15H2;1-9,11,21H,10,20H2;4-7,9H,3,8H2,1-2H3;2H,1H3. The van der Waals surface area contributed by atoms with Crippen LogP contribution in [-0.2, 0) is 41.4 Å². The highest BCUT2D eigenvalue weighted by Crippen LogP contribution is 2.34. The van der Waals surface area contributed by atoms with Gasteiger partial charge in [-0.05, 0) is 120 Å². The lowest BCUT2D eigenvalue weighted by Gasteiger charge is -2.11. The van der Waals surface area contributed by atoms with Crippen LogP contribution in [0.2, 0.25) is 0 Å². The maximum Gasteiger partial charge on any atom is 0.416 e. The number of alkyl halides is 3. The third kappa shape index (κ3) is 12.9. The van der Waals surface area contributed by atoms with E-state index >= 15 is 0 Å². The van der Waals surface area contributed by atoms with Gasteiger partial charge in [-0.2, -0.15) is 13.2 Å². The minimum atomic E-state index is -4.35. The lowest BCUT2D eigenvalue weighted by atomic mass is 10.0. The van der Waals surface area contributed by atoms with E-state index in [1.807, 2.05) is 97.1 Å². The second kappa shape index (κ2) is 24.0. The summed E-state index contributed by atoms with van der Waals surface area (Å²) in [6.07, 6.45) is -3.13. The Morgan fingerprint density at radius 1 is 0.662 bits per heavy atom. The van der Waals surface area contributed by atoms with E-state index in [0.29, 0.717) is 48.6 Å². The molecule has 0 saturated carbocycles. The molecule has 1 atom stereocenters. The van der Waals surface area contributed by atoms with Gasteiger partial charge in [0.15, 0.2) is 16.9 Å². The van der Waals surface area contributed by atoms with Gasteiger partial charge in [0.25, 0.3) is 0 Å². The van der Waals surface area contributed by atoms with Gasteiger partial charge in [-0.3, -0.25) is 14.0 Å². The van der Waals surface area contributed by atoms with Crippen LogP contribution in [0.1, 0.15) is 58.7 Å². The summed E-state index contributed by atoms with van der Waals surface area (Å²) in [7, 11) is 1.00. The van der Waals surface area contributed by atoms with Crippen LogP contribution < -0.4 is 11.2 Å². The molecule has 0 fully saturated rings. The van der Waals surface area contributed by atoms with Crippen LogP contribution in [0.5, 0.6) is 17.4 Å². The second-order valence-electron chi connectivity index (χ2n) is 18.0. The first-order valence-corrected chi connectivity index (χ1v) is 24.6. The summed E-state index contributed by atoms with van der Waals surface area (Å²) in [6.45, 7) is 3.84. The molecular weight excluding hydrogens is 986 g/mol. The number of phenols is 2. The fourth-order valence-corrected chi connectivity index (χ4v) is 8.85. The molecule has 16 heteroatoms. The zero-order valence-electron chi connectivity index (χ0n) is 42.3. The van der Waals surface area contributed by atoms with E-state index in [9.17, 15) is 38.1 Å². The van der Waals surface area contributed by atoms with Crippen molar-refractivity contribution in [2.75, 3.05) is 19.5 Å². The molecule has 3 heterocycles. The third-order valence-corrected chi connectivity index (χ3v) is 12.7. The summed E-state index contributed by atoms with van der Waals surface area (Å²) in [5, 5.41) is 41.5. The maximum absolute atomic E-state index is 12.3. The molecule has 13 nitrogen and oxygen atoms in total. The molecule has 3 aromatic heterocycles. The molecule has 8 aromatic carbocycles. The summed E-state index contributed by atoms with van der Waals surface area (Å²) >= 11 is 0. The monoisotopic (exact) mass is 1040 g/mol. The van der Waals surface area contributed by atoms with E-state index < -0.39 is 17.8 Å². The summed E-state index contributed by atoms with van der Waals surface area (Å²) in [6, 6.07) is 49.5. The SMILES string of the molecule is CCOC(C)C(=O)Cc1ccc(C(F)(F)F)cc1.CO.Nc1nc2ccc3cc(=O)ccc3c2[nH]c1Cc1ccccc1.Oc1ccc(Cc2nc3c(Cc4ccccc4)nc4c5ccc(O)cc5ccc4n3c2O)cc1. The average Bonchev–Trinajstić information content (AvgIpc) is 3.80. The van der Waals surface area contributed by atoms with Crippen LogP contribution in [0.25, 0.3) is 49.3 Å². The van der Waals surface area contributed by atoms with Gasteiger partial charge < -0.3 is 35.9 Å². The van der Waals surface area contributed by atoms with Crippen molar-refractivity contribution in [3.8, 4) is 17.4 Å². The van der Waals surface area contributed by atoms with Crippen LogP contribution in [0.3, 0.4) is 0 Å². The van der Waals surface area contributed by atoms with Gasteiger partial charge in [0.2, 0.25) is 5.88 Å². The van der Waals surface area contributed by atoms with E-state index in [1.165, 1.54) is 17.7 Å². The number of carbonyl (C=O) groups excluding carboxylic acids is 1. The van der Waals surface area contributed by atoms with Crippen LogP contribution in [0, 0.1) is 0 Å². The first kappa shape index (κ1) is 54.2. The Morgan fingerprint density at radius 2 is 1.25 bits per heavy atom. The number of rotatable bonds is 11. The summed E-state index contributed by atoms with van der Waals surface area (Å²) in [4.78, 5) is 40.9. The molecule has 392 valence electrons. The Kier molecular flexibility index (Phi) is 16.9. The molecular formula is C61H55F3N6O7. The van der Waals surface area contributed by atoms with Gasteiger partial charge in [-0.15, -0.1) is 0 Å². The van der Waals surface area contributed by atoms with Crippen molar-refractivity contribution >= 4 is 60.9 Å². The number of H-pyrrole nitrogens is 1. The molecule has 7 N–H and O–H groups in total. The molecule has 0 aliphatic carbocycles. The topological polar surface area (TPSA) is 209 Å². The fourth-order valence-electron chi connectivity index (χ4n) is 8.85. The number of carbonyl (C=O) groups is 1. The first-order valence-electron chi connectivity index (χ1n) is 24.6. The van der Waals surface area contributed by atoms with Gasteiger partial charge in [0.05, 0.1) is 39.0 Å². The zero-order valence-corrected chi connectivity index (χ0v) is 42.3. The molecule has 11 rings (SSSR count). The number of aromatic nitrogens is 5. The number of halogens is 3. The van der Waals surface area contributed by atoms with Crippen molar-refractivity contribution in [3.05, 3.63) is 225 Å². The van der Waals surface area contributed by atoms with Crippen molar-refractivity contribution in [2.45, 2.75) is 51.8 Å². The molecule has 0 aliphatic rings. The lowest BCUT2D eigenvalue weighted by molar-refractivity contribution is -0.137. The van der Waals surface area contributed by atoms with Crippen molar-refractivity contribution < 1.29 is 43.1 Å².